The minimum atomic E-state index is -0.961. The maximum absolute atomic E-state index is 12.6. The normalized spacial score (nSPS) is 15.7. The molecule has 2 N–H and O–H groups in total. The second-order valence-electron chi connectivity index (χ2n) is 6.79. The zero-order chi connectivity index (χ0) is 22.4. The van der Waals surface area contributed by atoms with Gasteiger partial charge in [0.1, 0.15) is 11.8 Å². The molecule has 0 aliphatic carbocycles. The number of carboxylic acid groups (broad SMARTS) is 1. The minimum Gasteiger partial charge on any atom is -0.497 e. The Morgan fingerprint density at radius 2 is 1.94 bits per heavy atom. The van der Waals surface area contributed by atoms with E-state index in [9.17, 15) is 14.7 Å². The van der Waals surface area contributed by atoms with E-state index in [4.69, 9.17) is 14.5 Å². The third kappa shape index (κ3) is 5.46. The number of methoxy groups -OCH3 is 1. The number of nitrogens with zero attached hydrogens (tertiary/aromatic N) is 1. The summed E-state index contributed by atoms with van der Waals surface area (Å²) in [5, 5.41) is 13.0. The maximum Gasteiger partial charge on any atom is 0.338 e. The van der Waals surface area contributed by atoms with Crippen LogP contribution in [0.25, 0.3) is 0 Å². The van der Waals surface area contributed by atoms with Gasteiger partial charge in [-0.15, -0.1) is 0 Å². The van der Waals surface area contributed by atoms with Gasteiger partial charge in [-0.1, -0.05) is 36.0 Å². The summed E-state index contributed by atoms with van der Waals surface area (Å²) < 4.78 is 10.5. The Bertz CT molecular complexity index is 1030. The Labute approximate surface area is 185 Å². The zero-order valence-electron chi connectivity index (χ0n) is 17.5. The molecule has 1 heterocycles. The molecule has 0 fully saturated rings. The van der Waals surface area contributed by atoms with Gasteiger partial charge in [-0.2, -0.15) is 0 Å². The Balaban J connectivity index is 1.87. The highest BCUT2D eigenvalue weighted by Crippen LogP contribution is 2.34. The predicted octanol–water partition coefficient (Wildman–Crippen LogP) is 4.16. The average Bonchev–Trinajstić information content (AvgIpc) is 2.77. The number of allylic oxidation sites excluding steroid dienone is 1. The zero-order valence-corrected chi connectivity index (χ0v) is 18.4. The van der Waals surface area contributed by atoms with Crippen LogP contribution in [0.5, 0.6) is 5.75 Å². The highest BCUT2D eigenvalue weighted by Gasteiger charge is 2.30. The highest BCUT2D eigenvalue weighted by atomic mass is 32.2. The second kappa shape index (κ2) is 10.2. The highest BCUT2D eigenvalue weighted by molar-refractivity contribution is 8.13. The van der Waals surface area contributed by atoms with Gasteiger partial charge in [-0.3, -0.25) is 0 Å². The molecule has 2 aromatic rings. The van der Waals surface area contributed by atoms with Crippen molar-refractivity contribution in [3.8, 4) is 5.75 Å². The number of aromatic carboxylic acids is 1. The smallest absolute Gasteiger partial charge is 0.338 e. The molecule has 3 rings (SSSR count). The quantitative estimate of drug-likeness (QED) is 0.624. The molecule has 0 spiro atoms. The molecular weight excluding hydrogens is 416 g/mol. The molecule has 1 aliphatic rings. The number of hydrogen-bond donors (Lipinski definition) is 2. The summed E-state index contributed by atoms with van der Waals surface area (Å²) in [6.45, 7) is 3.86. The van der Waals surface area contributed by atoms with Crippen molar-refractivity contribution in [3.63, 3.8) is 0 Å². The standard InChI is InChI=1S/C23H24N2O5S/c1-4-30-22(28)19-14(2)24-23(25-20(19)16-8-10-18(29-3)11-9-16)31-13-15-6-5-7-17(12-15)21(26)27/h5-12,20H,4,13H2,1-3H3,(H,24,25)(H,26,27)/t20-/m1/s1. The molecule has 0 amide bonds. The molecular formula is C23H24N2O5S. The Morgan fingerprint density at radius 3 is 2.58 bits per heavy atom. The summed E-state index contributed by atoms with van der Waals surface area (Å²) in [4.78, 5) is 28.6. The largest absolute Gasteiger partial charge is 0.497 e. The minimum absolute atomic E-state index is 0.244. The van der Waals surface area contributed by atoms with Gasteiger partial charge in [0.15, 0.2) is 5.17 Å². The van der Waals surface area contributed by atoms with Crippen LogP contribution in [0.4, 0.5) is 0 Å². The number of benzene rings is 2. The number of rotatable bonds is 7. The SMILES string of the molecule is CCOC(=O)C1=C(C)NC(SCc2cccc(C(=O)O)c2)=N[C@@H]1c1ccc(OC)cc1. The summed E-state index contributed by atoms with van der Waals surface area (Å²) in [5.74, 6) is -0.120. The summed E-state index contributed by atoms with van der Waals surface area (Å²) in [5.41, 5.74) is 3.10. The van der Waals surface area contributed by atoms with Crippen molar-refractivity contribution in [2.24, 2.45) is 4.99 Å². The van der Waals surface area contributed by atoms with Gasteiger partial charge in [0.05, 0.1) is 24.9 Å². The van der Waals surface area contributed by atoms with Crippen molar-refractivity contribution in [1.82, 2.24) is 5.32 Å². The van der Waals surface area contributed by atoms with Crippen molar-refractivity contribution >= 4 is 28.9 Å². The fraction of sp³-hybridized carbons (Fsp3) is 0.261. The van der Waals surface area contributed by atoms with Crippen LogP contribution in [-0.4, -0.2) is 35.9 Å². The van der Waals surface area contributed by atoms with E-state index in [1.54, 1.807) is 32.2 Å². The second-order valence-corrected chi connectivity index (χ2v) is 7.75. The van der Waals surface area contributed by atoms with Crippen LogP contribution < -0.4 is 10.1 Å². The molecule has 0 radical (unpaired) electrons. The first-order chi connectivity index (χ1) is 14.9. The number of carbonyl (C=O) groups excluding carboxylic acids is 1. The molecule has 8 heteroatoms. The summed E-state index contributed by atoms with van der Waals surface area (Å²) in [7, 11) is 1.60. The van der Waals surface area contributed by atoms with Gasteiger partial charge in [0.25, 0.3) is 0 Å². The van der Waals surface area contributed by atoms with E-state index in [-0.39, 0.29) is 12.2 Å². The molecule has 1 aliphatic heterocycles. The number of hydrogen-bond acceptors (Lipinski definition) is 7. The van der Waals surface area contributed by atoms with Crippen LogP contribution in [0.1, 0.15) is 41.4 Å². The molecule has 0 saturated carbocycles. The van der Waals surface area contributed by atoms with Crippen molar-refractivity contribution in [1.29, 1.82) is 0 Å². The molecule has 31 heavy (non-hydrogen) atoms. The molecule has 0 unspecified atom stereocenters. The van der Waals surface area contributed by atoms with Crippen LogP contribution in [0.2, 0.25) is 0 Å². The van der Waals surface area contributed by atoms with E-state index in [1.807, 2.05) is 37.3 Å². The van der Waals surface area contributed by atoms with Gasteiger partial charge in [-0.05, 0) is 49.2 Å². The molecule has 0 bridgehead atoms. The molecule has 0 aromatic heterocycles. The lowest BCUT2D eigenvalue weighted by Gasteiger charge is -2.26. The number of thioether (sulfide) groups is 1. The van der Waals surface area contributed by atoms with Crippen LogP contribution in [0.15, 0.2) is 64.8 Å². The van der Waals surface area contributed by atoms with Crippen molar-refractivity contribution < 1.29 is 24.2 Å². The van der Waals surface area contributed by atoms with Crippen LogP contribution >= 0.6 is 11.8 Å². The van der Waals surface area contributed by atoms with Crippen LogP contribution in [0, 0.1) is 0 Å². The monoisotopic (exact) mass is 440 g/mol. The average molecular weight is 441 g/mol. The Morgan fingerprint density at radius 1 is 1.19 bits per heavy atom. The Hall–Kier alpha value is -3.26. The maximum atomic E-state index is 12.6. The lowest BCUT2D eigenvalue weighted by molar-refractivity contribution is -0.138. The number of nitrogens with one attached hydrogen (secondary N) is 1. The molecule has 1 atom stereocenters. The van der Waals surface area contributed by atoms with Gasteiger partial charge >= 0.3 is 11.9 Å². The summed E-state index contributed by atoms with van der Waals surface area (Å²) in [6.07, 6.45) is 0. The molecule has 162 valence electrons. The number of carboxylic acids is 1. The van der Waals surface area contributed by atoms with Crippen molar-refractivity contribution in [2.75, 3.05) is 13.7 Å². The third-order valence-electron chi connectivity index (χ3n) is 4.69. The molecule has 7 nitrogen and oxygen atoms in total. The van der Waals surface area contributed by atoms with Gasteiger partial charge in [0.2, 0.25) is 0 Å². The number of esters is 1. The lowest BCUT2D eigenvalue weighted by Crippen LogP contribution is -2.30. The van der Waals surface area contributed by atoms with Gasteiger partial charge < -0.3 is 19.9 Å². The topological polar surface area (TPSA) is 97.2 Å². The number of carbonyl (C=O) groups is 2. The first-order valence-electron chi connectivity index (χ1n) is 9.74. The van der Waals surface area contributed by atoms with E-state index in [1.165, 1.54) is 11.8 Å². The van der Waals surface area contributed by atoms with E-state index in [2.05, 4.69) is 5.32 Å². The number of aliphatic imine (C=N–C) groups is 1. The van der Waals surface area contributed by atoms with Gasteiger partial charge in [-0.25, -0.2) is 14.6 Å². The molecule has 0 saturated heterocycles. The van der Waals surface area contributed by atoms with E-state index in [0.717, 1.165) is 11.1 Å². The third-order valence-corrected chi connectivity index (χ3v) is 5.65. The van der Waals surface area contributed by atoms with Crippen LogP contribution in [-0.2, 0) is 15.3 Å². The molecule has 2 aromatic carbocycles. The predicted molar refractivity (Wildman–Crippen MR) is 120 cm³/mol. The van der Waals surface area contributed by atoms with Gasteiger partial charge in [0, 0.05) is 11.4 Å². The fourth-order valence-corrected chi connectivity index (χ4v) is 4.06. The summed E-state index contributed by atoms with van der Waals surface area (Å²) >= 11 is 1.44. The first kappa shape index (κ1) is 22.4. The number of amidine groups is 1. The first-order valence-corrected chi connectivity index (χ1v) is 10.7. The summed E-state index contributed by atoms with van der Waals surface area (Å²) in [6, 6.07) is 13.7. The van der Waals surface area contributed by atoms with E-state index < -0.39 is 18.0 Å². The van der Waals surface area contributed by atoms with Crippen molar-refractivity contribution in [2.45, 2.75) is 25.6 Å². The van der Waals surface area contributed by atoms with Crippen molar-refractivity contribution in [3.05, 3.63) is 76.5 Å². The van der Waals surface area contributed by atoms with E-state index in [0.29, 0.717) is 27.9 Å². The lowest BCUT2D eigenvalue weighted by atomic mass is 9.96. The van der Waals surface area contributed by atoms with E-state index >= 15 is 0 Å². The Kier molecular flexibility index (Phi) is 7.36. The number of ether oxygens (including phenoxy) is 2. The van der Waals surface area contributed by atoms with Crippen LogP contribution in [0.3, 0.4) is 0 Å². The fourth-order valence-electron chi connectivity index (χ4n) is 3.17.